The smallest absolute Gasteiger partial charge is 0.263 e. The Morgan fingerprint density at radius 2 is 2.17 bits per heavy atom. The number of rotatable bonds is 4. The fraction of sp³-hybridized carbons (Fsp3) is 0.444. The van der Waals surface area contributed by atoms with Gasteiger partial charge in [0.1, 0.15) is 0 Å². The lowest BCUT2D eigenvalue weighted by atomic mass is 9.97. The van der Waals surface area contributed by atoms with Crippen LogP contribution in [0.25, 0.3) is 0 Å². The maximum atomic E-state index is 12.5. The van der Waals surface area contributed by atoms with Gasteiger partial charge in [-0.3, -0.25) is 9.59 Å². The van der Waals surface area contributed by atoms with Gasteiger partial charge in [0.25, 0.3) is 5.91 Å². The van der Waals surface area contributed by atoms with E-state index in [-0.39, 0.29) is 17.7 Å². The molecule has 2 amide bonds. The third kappa shape index (κ3) is 3.53. The standard InChI is InChI=1S/C18H23N3O2S/c1-13-7-8-15(20(13)2)11-19-17(22)14-5-3-9-21(12-14)18(23)16-6-4-10-24-16/h4,6-8,10,14H,3,5,9,11-12H2,1-2H3,(H,19,22). The van der Waals surface area contributed by atoms with Crippen molar-refractivity contribution in [2.75, 3.05) is 13.1 Å². The lowest BCUT2D eigenvalue weighted by Crippen LogP contribution is -2.45. The van der Waals surface area contributed by atoms with Gasteiger partial charge in [0.05, 0.1) is 17.3 Å². The number of hydrogen-bond donors (Lipinski definition) is 1. The number of carbonyl (C=O) groups excluding carboxylic acids is 2. The van der Waals surface area contributed by atoms with E-state index in [1.807, 2.05) is 48.5 Å². The van der Waals surface area contributed by atoms with Crippen molar-refractivity contribution in [2.45, 2.75) is 26.3 Å². The molecule has 1 aliphatic heterocycles. The first-order valence-electron chi connectivity index (χ1n) is 8.28. The summed E-state index contributed by atoms with van der Waals surface area (Å²) in [7, 11) is 2.00. The Bertz CT molecular complexity index is 721. The Morgan fingerprint density at radius 3 is 2.83 bits per heavy atom. The molecule has 0 aromatic carbocycles. The number of nitrogens with one attached hydrogen (secondary N) is 1. The minimum absolute atomic E-state index is 0.0394. The summed E-state index contributed by atoms with van der Waals surface area (Å²) in [5, 5.41) is 4.93. The maximum absolute atomic E-state index is 12.5. The van der Waals surface area contributed by atoms with Crippen LogP contribution in [0.15, 0.2) is 29.6 Å². The predicted molar refractivity (Wildman–Crippen MR) is 94.9 cm³/mol. The van der Waals surface area contributed by atoms with Crippen LogP contribution in [0.2, 0.25) is 0 Å². The number of carbonyl (C=O) groups is 2. The van der Waals surface area contributed by atoms with Crippen LogP contribution in [0.1, 0.15) is 33.9 Å². The Hall–Kier alpha value is -2.08. The van der Waals surface area contributed by atoms with E-state index in [1.54, 1.807) is 0 Å². The molecule has 2 aromatic heterocycles. The van der Waals surface area contributed by atoms with Crippen molar-refractivity contribution in [3.63, 3.8) is 0 Å². The number of piperidine rings is 1. The molecule has 0 radical (unpaired) electrons. The van der Waals surface area contributed by atoms with Crippen LogP contribution in [0, 0.1) is 12.8 Å². The van der Waals surface area contributed by atoms with Gasteiger partial charge in [0, 0.05) is 31.5 Å². The summed E-state index contributed by atoms with van der Waals surface area (Å²) < 4.78 is 2.08. The van der Waals surface area contributed by atoms with Gasteiger partial charge >= 0.3 is 0 Å². The highest BCUT2D eigenvalue weighted by Gasteiger charge is 2.29. The summed E-state index contributed by atoms with van der Waals surface area (Å²) in [4.78, 5) is 27.5. The molecule has 0 spiro atoms. The molecule has 0 saturated carbocycles. The van der Waals surface area contributed by atoms with Crippen LogP contribution in [0.5, 0.6) is 0 Å². The van der Waals surface area contributed by atoms with Crippen molar-refractivity contribution in [1.82, 2.24) is 14.8 Å². The molecule has 0 bridgehead atoms. The average molecular weight is 345 g/mol. The number of amides is 2. The number of likely N-dealkylation sites (tertiary alicyclic amines) is 1. The summed E-state index contributed by atoms with van der Waals surface area (Å²) in [5.74, 6) is -0.0397. The highest BCUT2D eigenvalue weighted by atomic mass is 32.1. The topological polar surface area (TPSA) is 54.3 Å². The van der Waals surface area contributed by atoms with E-state index >= 15 is 0 Å². The maximum Gasteiger partial charge on any atom is 0.263 e. The van der Waals surface area contributed by atoms with E-state index in [0.717, 1.165) is 30.0 Å². The first kappa shape index (κ1) is 16.8. The second-order valence-corrected chi connectivity index (χ2v) is 7.26. The molecule has 3 heterocycles. The molecule has 1 N–H and O–H groups in total. The molecule has 1 unspecified atom stereocenters. The van der Waals surface area contributed by atoms with Crippen LogP contribution >= 0.6 is 11.3 Å². The van der Waals surface area contributed by atoms with E-state index in [4.69, 9.17) is 0 Å². The van der Waals surface area contributed by atoms with Crippen molar-refractivity contribution >= 4 is 23.2 Å². The highest BCUT2D eigenvalue weighted by molar-refractivity contribution is 7.12. The Labute approximate surface area is 146 Å². The van der Waals surface area contributed by atoms with Crippen LogP contribution in [0.4, 0.5) is 0 Å². The first-order chi connectivity index (χ1) is 11.6. The van der Waals surface area contributed by atoms with Gasteiger partial charge in [-0.15, -0.1) is 11.3 Å². The van der Waals surface area contributed by atoms with Crippen LogP contribution in [-0.4, -0.2) is 34.4 Å². The van der Waals surface area contributed by atoms with Crippen molar-refractivity contribution in [3.05, 3.63) is 45.9 Å². The molecule has 1 aliphatic rings. The molecule has 1 saturated heterocycles. The summed E-state index contributed by atoms with van der Waals surface area (Å²) >= 11 is 1.45. The van der Waals surface area contributed by atoms with Crippen molar-refractivity contribution in [1.29, 1.82) is 0 Å². The summed E-state index contributed by atoms with van der Waals surface area (Å²) in [6.45, 7) is 3.81. The summed E-state index contributed by atoms with van der Waals surface area (Å²) in [6.07, 6.45) is 1.71. The fourth-order valence-electron chi connectivity index (χ4n) is 3.10. The van der Waals surface area contributed by atoms with E-state index < -0.39 is 0 Å². The number of hydrogen-bond acceptors (Lipinski definition) is 3. The van der Waals surface area contributed by atoms with Gasteiger partial charge in [-0.25, -0.2) is 0 Å². The van der Waals surface area contributed by atoms with Crippen molar-refractivity contribution in [2.24, 2.45) is 13.0 Å². The largest absolute Gasteiger partial charge is 0.350 e. The van der Waals surface area contributed by atoms with E-state index in [1.165, 1.54) is 17.0 Å². The van der Waals surface area contributed by atoms with Gasteiger partial charge in [-0.2, -0.15) is 0 Å². The third-order valence-corrected chi connectivity index (χ3v) is 5.59. The average Bonchev–Trinajstić information content (AvgIpc) is 3.24. The molecule has 5 nitrogen and oxygen atoms in total. The van der Waals surface area contributed by atoms with Crippen LogP contribution in [0.3, 0.4) is 0 Å². The normalized spacial score (nSPS) is 17.8. The zero-order chi connectivity index (χ0) is 17.1. The number of thiophene rings is 1. The van der Waals surface area contributed by atoms with Gasteiger partial charge in [-0.05, 0) is 43.3 Å². The quantitative estimate of drug-likeness (QED) is 0.926. The summed E-state index contributed by atoms with van der Waals surface area (Å²) in [5.41, 5.74) is 2.26. The van der Waals surface area contributed by atoms with E-state index in [0.29, 0.717) is 13.1 Å². The third-order valence-electron chi connectivity index (χ3n) is 4.73. The number of aromatic nitrogens is 1. The fourth-order valence-corrected chi connectivity index (χ4v) is 3.79. The van der Waals surface area contributed by atoms with Crippen molar-refractivity contribution in [3.8, 4) is 0 Å². The Balaban J connectivity index is 1.57. The summed E-state index contributed by atoms with van der Waals surface area (Å²) in [6, 6.07) is 7.80. The monoisotopic (exact) mass is 345 g/mol. The Morgan fingerprint density at radius 1 is 1.33 bits per heavy atom. The van der Waals surface area contributed by atoms with E-state index in [9.17, 15) is 9.59 Å². The van der Waals surface area contributed by atoms with E-state index in [2.05, 4.69) is 9.88 Å². The van der Waals surface area contributed by atoms with Gasteiger partial charge in [0.15, 0.2) is 0 Å². The molecule has 128 valence electrons. The molecule has 3 rings (SSSR count). The van der Waals surface area contributed by atoms with Crippen LogP contribution in [-0.2, 0) is 18.4 Å². The highest BCUT2D eigenvalue weighted by Crippen LogP contribution is 2.21. The molecule has 6 heteroatoms. The minimum atomic E-state index is -0.121. The first-order valence-corrected chi connectivity index (χ1v) is 9.16. The SMILES string of the molecule is Cc1ccc(CNC(=O)C2CCCN(C(=O)c3cccs3)C2)n1C. The lowest BCUT2D eigenvalue weighted by molar-refractivity contribution is -0.126. The second kappa shape index (κ2) is 7.21. The van der Waals surface area contributed by atoms with Gasteiger partial charge < -0.3 is 14.8 Å². The van der Waals surface area contributed by atoms with Gasteiger partial charge in [-0.1, -0.05) is 6.07 Å². The molecule has 24 heavy (non-hydrogen) atoms. The zero-order valence-corrected chi connectivity index (χ0v) is 14.9. The predicted octanol–water partition coefficient (Wildman–Crippen LogP) is 2.56. The molecule has 1 atom stereocenters. The van der Waals surface area contributed by atoms with Crippen molar-refractivity contribution < 1.29 is 9.59 Å². The Kier molecular flexibility index (Phi) is 5.04. The molecule has 2 aromatic rings. The lowest BCUT2D eigenvalue weighted by Gasteiger charge is -2.31. The van der Waals surface area contributed by atoms with Gasteiger partial charge in [0.2, 0.25) is 5.91 Å². The number of aryl methyl sites for hydroxylation is 1. The minimum Gasteiger partial charge on any atom is -0.350 e. The molecule has 0 aliphatic carbocycles. The van der Waals surface area contributed by atoms with Crippen LogP contribution < -0.4 is 5.32 Å². The second-order valence-electron chi connectivity index (χ2n) is 6.31. The zero-order valence-electron chi connectivity index (χ0n) is 14.1. The molecular formula is C18H23N3O2S. The number of nitrogens with zero attached hydrogens (tertiary/aromatic N) is 2. The molecule has 1 fully saturated rings. The molecular weight excluding hydrogens is 322 g/mol.